The molecule has 11 heteroatoms. The summed E-state index contributed by atoms with van der Waals surface area (Å²) in [4.78, 5) is 18.9. The summed E-state index contributed by atoms with van der Waals surface area (Å²) < 4.78 is 29.5. The van der Waals surface area contributed by atoms with E-state index in [9.17, 15) is 24.0 Å². The lowest BCUT2D eigenvalue weighted by atomic mass is 9.92. The Bertz CT molecular complexity index is 1110. The van der Waals surface area contributed by atoms with Gasteiger partial charge in [-0.3, -0.25) is 19.9 Å². The minimum Gasteiger partial charge on any atom is -0.382 e. The molecule has 174 valence electrons. The van der Waals surface area contributed by atoms with Gasteiger partial charge in [0, 0.05) is 62.5 Å². The van der Waals surface area contributed by atoms with E-state index in [4.69, 9.17) is 0 Å². The van der Waals surface area contributed by atoms with Crippen molar-refractivity contribution in [2.45, 2.75) is 18.7 Å². The van der Waals surface area contributed by atoms with Crippen LogP contribution in [0.25, 0.3) is 0 Å². The Balaban J connectivity index is 1.46. The van der Waals surface area contributed by atoms with Gasteiger partial charge in [-0.15, -0.1) is 0 Å². The van der Waals surface area contributed by atoms with E-state index in [0.29, 0.717) is 38.3 Å². The standard InChI is InChI=1S/C22H24F2N6O3/c23-18-5-6-19(20(24)11-18)22(31,14-29-16-25-15-26-29)13-28-9-7-27(8-10-28)12-17-3-1-2-4-21(17)30(32)33/h1-6,11,15-16,31H,7-10,12-14H2. The minimum absolute atomic E-state index is 0.0123. The zero-order chi connectivity index (χ0) is 23.4. The van der Waals surface area contributed by atoms with Crippen molar-refractivity contribution < 1.29 is 18.8 Å². The third-order valence-corrected chi connectivity index (χ3v) is 5.85. The summed E-state index contributed by atoms with van der Waals surface area (Å²) in [5.41, 5.74) is -0.936. The second-order valence-corrected chi connectivity index (χ2v) is 8.19. The van der Waals surface area contributed by atoms with Crippen molar-refractivity contribution in [3.8, 4) is 0 Å². The molecular weight excluding hydrogens is 434 g/mol. The lowest BCUT2D eigenvalue weighted by Gasteiger charge is -2.39. The van der Waals surface area contributed by atoms with Crippen molar-refractivity contribution in [1.82, 2.24) is 24.6 Å². The molecule has 1 atom stereocenters. The number of β-amino-alcohol motifs (C(OH)–C–C–N with tert-alkyl or cyclic N) is 1. The number of nitro groups is 1. The maximum Gasteiger partial charge on any atom is 0.273 e. The van der Waals surface area contributed by atoms with E-state index in [1.807, 2.05) is 4.90 Å². The number of para-hydroxylation sites is 1. The predicted octanol–water partition coefficient (Wildman–Crippen LogP) is 2.17. The summed E-state index contributed by atoms with van der Waals surface area (Å²) >= 11 is 0. The Labute approximate surface area is 189 Å². The van der Waals surface area contributed by atoms with E-state index < -0.39 is 17.2 Å². The van der Waals surface area contributed by atoms with Crippen LogP contribution in [0.2, 0.25) is 0 Å². The van der Waals surface area contributed by atoms with Crippen molar-refractivity contribution in [2.24, 2.45) is 0 Å². The fourth-order valence-corrected chi connectivity index (χ4v) is 4.21. The van der Waals surface area contributed by atoms with Crippen LogP contribution in [0.4, 0.5) is 14.5 Å². The zero-order valence-corrected chi connectivity index (χ0v) is 17.8. The maximum absolute atomic E-state index is 14.6. The Morgan fingerprint density at radius 1 is 1.06 bits per heavy atom. The van der Waals surface area contributed by atoms with E-state index in [1.54, 1.807) is 18.2 Å². The highest BCUT2D eigenvalue weighted by atomic mass is 19.1. The summed E-state index contributed by atoms with van der Waals surface area (Å²) in [6.45, 7) is 2.89. The number of aliphatic hydroxyl groups is 1. The van der Waals surface area contributed by atoms with Gasteiger partial charge in [0.1, 0.15) is 29.9 Å². The van der Waals surface area contributed by atoms with Crippen molar-refractivity contribution in [2.75, 3.05) is 32.7 Å². The molecule has 3 aromatic rings. The molecule has 0 bridgehead atoms. The van der Waals surface area contributed by atoms with E-state index in [2.05, 4.69) is 15.0 Å². The fraction of sp³-hybridized carbons (Fsp3) is 0.364. The second-order valence-electron chi connectivity index (χ2n) is 8.19. The first-order valence-electron chi connectivity index (χ1n) is 10.5. The summed E-state index contributed by atoms with van der Waals surface area (Å²) in [7, 11) is 0. The minimum atomic E-state index is -1.66. The predicted molar refractivity (Wildman–Crippen MR) is 115 cm³/mol. The van der Waals surface area contributed by atoms with Gasteiger partial charge >= 0.3 is 0 Å². The molecule has 2 aromatic carbocycles. The van der Waals surface area contributed by atoms with Crippen molar-refractivity contribution >= 4 is 5.69 Å². The third-order valence-electron chi connectivity index (χ3n) is 5.85. The van der Waals surface area contributed by atoms with E-state index in [0.717, 1.165) is 12.1 Å². The Morgan fingerprint density at radius 3 is 2.45 bits per heavy atom. The number of benzene rings is 2. The highest BCUT2D eigenvalue weighted by molar-refractivity contribution is 5.39. The molecule has 4 rings (SSSR count). The van der Waals surface area contributed by atoms with Crippen molar-refractivity contribution in [3.63, 3.8) is 0 Å². The number of hydrogen-bond donors (Lipinski definition) is 1. The van der Waals surface area contributed by atoms with Crippen LogP contribution in [0.5, 0.6) is 0 Å². The van der Waals surface area contributed by atoms with Crippen LogP contribution in [0, 0.1) is 21.7 Å². The van der Waals surface area contributed by atoms with Gasteiger partial charge in [-0.05, 0) is 6.07 Å². The van der Waals surface area contributed by atoms with E-state index in [-0.39, 0.29) is 29.3 Å². The third kappa shape index (κ3) is 5.38. The first kappa shape index (κ1) is 22.9. The second kappa shape index (κ2) is 9.69. The monoisotopic (exact) mass is 458 g/mol. The van der Waals surface area contributed by atoms with Gasteiger partial charge in [-0.1, -0.05) is 24.3 Å². The molecule has 1 aliphatic heterocycles. The lowest BCUT2D eigenvalue weighted by Crippen LogP contribution is -2.52. The van der Waals surface area contributed by atoms with Gasteiger partial charge in [0.2, 0.25) is 0 Å². The molecule has 1 N–H and O–H groups in total. The largest absolute Gasteiger partial charge is 0.382 e. The lowest BCUT2D eigenvalue weighted by molar-refractivity contribution is -0.385. The molecule has 0 saturated carbocycles. The van der Waals surface area contributed by atoms with Gasteiger partial charge in [0.05, 0.1) is 11.5 Å². The molecule has 9 nitrogen and oxygen atoms in total. The highest BCUT2D eigenvalue weighted by Crippen LogP contribution is 2.28. The molecule has 33 heavy (non-hydrogen) atoms. The van der Waals surface area contributed by atoms with Crippen LogP contribution in [-0.4, -0.2) is 67.3 Å². The van der Waals surface area contributed by atoms with Crippen molar-refractivity contribution in [1.29, 1.82) is 0 Å². The normalized spacial score (nSPS) is 17.1. The van der Waals surface area contributed by atoms with Gasteiger partial charge in [-0.25, -0.2) is 18.4 Å². The average molecular weight is 458 g/mol. The first-order chi connectivity index (χ1) is 15.8. The number of hydrogen-bond acceptors (Lipinski definition) is 7. The van der Waals surface area contributed by atoms with Gasteiger partial charge in [0.15, 0.2) is 0 Å². The van der Waals surface area contributed by atoms with Crippen LogP contribution in [0.15, 0.2) is 55.1 Å². The van der Waals surface area contributed by atoms with E-state index >= 15 is 0 Å². The van der Waals surface area contributed by atoms with Crippen LogP contribution in [0.1, 0.15) is 11.1 Å². The number of halogens is 2. The van der Waals surface area contributed by atoms with Gasteiger partial charge in [-0.2, -0.15) is 5.10 Å². The number of piperazine rings is 1. The number of nitro benzene ring substituents is 1. The molecule has 1 aliphatic rings. The smallest absolute Gasteiger partial charge is 0.273 e. The number of nitrogens with zero attached hydrogens (tertiary/aromatic N) is 6. The van der Waals surface area contributed by atoms with Gasteiger partial charge in [0.25, 0.3) is 5.69 Å². The van der Waals surface area contributed by atoms with Crippen LogP contribution in [0.3, 0.4) is 0 Å². The zero-order valence-electron chi connectivity index (χ0n) is 17.8. The molecule has 2 heterocycles. The quantitative estimate of drug-likeness (QED) is 0.408. The maximum atomic E-state index is 14.6. The van der Waals surface area contributed by atoms with E-state index in [1.165, 1.54) is 29.5 Å². The molecule has 0 amide bonds. The number of aromatic nitrogens is 3. The molecule has 1 unspecified atom stereocenters. The first-order valence-corrected chi connectivity index (χ1v) is 10.5. The van der Waals surface area contributed by atoms with Crippen LogP contribution in [-0.2, 0) is 18.7 Å². The average Bonchev–Trinajstić information content (AvgIpc) is 3.28. The Kier molecular flexibility index (Phi) is 6.72. The van der Waals surface area contributed by atoms with Crippen molar-refractivity contribution in [3.05, 3.63) is 88.0 Å². The molecule has 1 aromatic heterocycles. The molecule has 0 radical (unpaired) electrons. The SMILES string of the molecule is O=[N+]([O-])c1ccccc1CN1CCN(CC(O)(Cn2cncn2)c2ccc(F)cc2F)CC1. The van der Waals surface area contributed by atoms with Gasteiger partial charge < -0.3 is 5.11 Å². The Hall–Kier alpha value is -3.28. The number of rotatable bonds is 8. The molecular formula is C22H24F2N6O3. The fourth-order valence-electron chi connectivity index (χ4n) is 4.21. The topological polar surface area (TPSA) is 101 Å². The molecule has 1 saturated heterocycles. The summed E-state index contributed by atoms with van der Waals surface area (Å²) in [5, 5.41) is 26.8. The van der Waals surface area contributed by atoms with Crippen LogP contribution >= 0.6 is 0 Å². The summed E-state index contributed by atoms with van der Waals surface area (Å²) in [5.74, 6) is -1.55. The highest BCUT2D eigenvalue weighted by Gasteiger charge is 2.36. The molecule has 0 aliphatic carbocycles. The van der Waals surface area contributed by atoms with Crippen LogP contribution < -0.4 is 0 Å². The molecule has 1 fully saturated rings. The Morgan fingerprint density at radius 2 is 1.79 bits per heavy atom. The summed E-state index contributed by atoms with van der Waals surface area (Å²) in [6.07, 6.45) is 2.75. The summed E-state index contributed by atoms with van der Waals surface area (Å²) in [6, 6.07) is 9.80. The molecule has 0 spiro atoms.